The molecule has 0 radical (unpaired) electrons. The lowest BCUT2D eigenvalue weighted by Crippen LogP contribution is -2.53. The Hall–Kier alpha value is -0.466. The van der Waals surface area contributed by atoms with Crippen LogP contribution in [0.5, 0.6) is 0 Å². The van der Waals surface area contributed by atoms with E-state index in [4.69, 9.17) is 20.2 Å². The van der Waals surface area contributed by atoms with Gasteiger partial charge in [0.2, 0.25) is 8.32 Å². The van der Waals surface area contributed by atoms with Crippen molar-refractivity contribution < 1.29 is 14.0 Å². The van der Waals surface area contributed by atoms with Gasteiger partial charge in [-0.15, -0.1) is 0 Å². The predicted octanol–water partition coefficient (Wildman–Crippen LogP) is 6.34. The van der Waals surface area contributed by atoms with Gasteiger partial charge in [-0.3, -0.25) is 4.90 Å². The molecule has 0 aromatic heterocycles. The van der Waals surface area contributed by atoms with Crippen LogP contribution in [0.25, 0.3) is 0 Å². The van der Waals surface area contributed by atoms with E-state index in [1.807, 2.05) is 25.7 Å². The van der Waals surface area contributed by atoms with Crippen molar-refractivity contribution in [2.24, 2.45) is 0 Å². The number of ether oxygens (including phenoxy) is 1. The third-order valence-corrected chi connectivity index (χ3v) is 4.52. The molecular formula is C19H38ClNO3Si2. The zero-order valence-corrected chi connectivity index (χ0v) is 20.9. The molecule has 2 rings (SSSR count). The van der Waals surface area contributed by atoms with Crippen LogP contribution in [0.15, 0.2) is 11.8 Å². The Morgan fingerprint density at radius 2 is 1.69 bits per heavy atom. The standard InChI is InChI=1S/C16H29NO3Si.C3H9ClSi/c1-16(2,3)19-15(18)17-12-8-7-9-13(17)11-14(10-12)20-21(4,5)6;1-5(2,3)4/h10,12-13H,7-9,11H2,1-6H3;1-3H3. The average molecular weight is 420 g/mol. The van der Waals surface area contributed by atoms with Crippen molar-refractivity contribution >= 4 is 32.9 Å². The van der Waals surface area contributed by atoms with Crippen LogP contribution in [0, 0.1) is 0 Å². The van der Waals surface area contributed by atoms with Crippen LogP contribution in [0.1, 0.15) is 46.5 Å². The summed E-state index contributed by atoms with van der Waals surface area (Å²) in [6.07, 6.45) is 6.03. The molecule has 1 saturated heterocycles. The highest BCUT2D eigenvalue weighted by Gasteiger charge is 2.40. The monoisotopic (exact) mass is 419 g/mol. The van der Waals surface area contributed by atoms with E-state index >= 15 is 0 Å². The molecule has 2 bridgehead atoms. The first-order chi connectivity index (χ1) is 11.6. The maximum absolute atomic E-state index is 12.5. The summed E-state index contributed by atoms with van der Waals surface area (Å²) in [6, 6.07) is 0.369. The Morgan fingerprint density at radius 1 is 1.15 bits per heavy atom. The number of amides is 1. The van der Waals surface area contributed by atoms with Gasteiger partial charge in [0, 0.05) is 12.5 Å². The van der Waals surface area contributed by atoms with Gasteiger partial charge in [0.25, 0.3) is 0 Å². The SMILES string of the molecule is CC(C)(C)OC(=O)N1C2C=C(O[Si](C)(C)C)CC1CCC2.C[Si](C)(C)Cl. The molecule has 2 aliphatic rings. The van der Waals surface area contributed by atoms with Gasteiger partial charge in [0.15, 0.2) is 0 Å². The van der Waals surface area contributed by atoms with Gasteiger partial charge < -0.3 is 9.16 Å². The summed E-state index contributed by atoms with van der Waals surface area (Å²) in [7, 11) is -2.72. The van der Waals surface area contributed by atoms with E-state index < -0.39 is 21.3 Å². The van der Waals surface area contributed by atoms with Crippen molar-refractivity contribution in [1.29, 1.82) is 0 Å². The van der Waals surface area contributed by atoms with E-state index in [9.17, 15) is 4.79 Å². The van der Waals surface area contributed by atoms with Crippen molar-refractivity contribution in [2.75, 3.05) is 0 Å². The fourth-order valence-corrected chi connectivity index (χ4v) is 4.00. The molecule has 0 spiro atoms. The molecule has 2 heterocycles. The van der Waals surface area contributed by atoms with Crippen molar-refractivity contribution in [3.63, 3.8) is 0 Å². The Balaban J connectivity index is 0.000000597. The normalized spacial score (nSPS) is 23.5. The highest BCUT2D eigenvalue weighted by atomic mass is 35.6. The number of hydrogen-bond acceptors (Lipinski definition) is 3. The van der Waals surface area contributed by atoms with Crippen LogP contribution in [-0.4, -0.2) is 44.4 Å². The molecular weight excluding hydrogens is 382 g/mol. The summed E-state index contributed by atoms with van der Waals surface area (Å²) in [6.45, 7) is 18.6. The molecule has 2 atom stereocenters. The number of halogens is 1. The fourth-order valence-electron chi connectivity index (χ4n) is 3.06. The summed E-state index contributed by atoms with van der Waals surface area (Å²) >= 11 is 5.67. The van der Waals surface area contributed by atoms with Gasteiger partial charge >= 0.3 is 6.09 Å². The maximum atomic E-state index is 12.5. The first-order valence-corrected chi connectivity index (χ1v) is 17.6. The summed E-state index contributed by atoms with van der Waals surface area (Å²) in [4.78, 5) is 14.4. The number of fused-ring (bicyclic) bond motifs is 2. The number of carbonyl (C=O) groups is 1. The molecule has 152 valence electrons. The summed E-state index contributed by atoms with van der Waals surface area (Å²) in [5.41, 5.74) is -0.440. The highest BCUT2D eigenvalue weighted by molar-refractivity contribution is 7.18. The molecule has 0 aromatic rings. The lowest BCUT2D eigenvalue weighted by molar-refractivity contribution is -0.00370. The van der Waals surface area contributed by atoms with Crippen molar-refractivity contribution in [2.45, 2.75) is 103 Å². The van der Waals surface area contributed by atoms with Gasteiger partial charge in [0.1, 0.15) is 13.0 Å². The quantitative estimate of drug-likeness (QED) is 0.387. The molecule has 7 heteroatoms. The molecule has 0 N–H and O–H groups in total. The van der Waals surface area contributed by atoms with E-state index in [0.29, 0.717) is 0 Å². The lowest BCUT2D eigenvalue weighted by Gasteiger charge is -2.45. The largest absolute Gasteiger partial charge is 0.547 e. The number of piperidine rings is 1. The van der Waals surface area contributed by atoms with Gasteiger partial charge in [-0.05, 0) is 65.8 Å². The first kappa shape index (κ1) is 23.6. The van der Waals surface area contributed by atoms with E-state index in [1.165, 1.54) is 6.42 Å². The maximum Gasteiger partial charge on any atom is 0.411 e. The molecule has 0 aliphatic carbocycles. The zero-order valence-electron chi connectivity index (χ0n) is 18.1. The van der Waals surface area contributed by atoms with Gasteiger partial charge in [-0.2, -0.15) is 11.1 Å². The van der Waals surface area contributed by atoms with Crippen LogP contribution < -0.4 is 0 Å². The Bertz CT molecular complexity index is 512. The third kappa shape index (κ3) is 9.46. The molecule has 0 aromatic carbocycles. The van der Waals surface area contributed by atoms with Gasteiger partial charge in [-0.25, -0.2) is 4.79 Å². The second-order valence-corrected chi connectivity index (χ2v) is 22.1. The second-order valence-electron chi connectivity index (χ2n) is 10.2. The number of carbonyl (C=O) groups excluding carboxylic acids is 1. The minimum absolute atomic E-state index is 0.138. The van der Waals surface area contributed by atoms with Crippen LogP contribution in [0.3, 0.4) is 0 Å². The molecule has 2 unspecified atom stereocenters. The van der Waals surface area contributed by atoms with Crippen LogP contribution in [0.2, 0.25) is 39.3 Å². The van der Waals surface area contributed by atoms with Crippen molar-refractivity contribution in [3.05, 3.63) is 11.8 Å². The molecule has 1 fully saturated rings. The second kappa shape index (κ2) is 8.69. The van der Waals surface area contributed by atoms with E-state index in [1.54, 1.807) is 0 Å². The van der Waals surface area contributed by atoms with E-state index in [0.717, 1.165) is 25.0 Å². The molecule has 0 saturated carbocycles. The minimum Gasteiger partial charge on any atom is -0.547 e. The van der Waals surface area contributed by atoms with Crippen LogP contribution >= 0.6 is 11.1 Å². The summed E-state index contributed by atoms with van der Waals surface area (Å²) in [5, 5.41) is 0. The van der Waals surface area contributed by atoms with E-state index in [2.05, 4.69) is 45.4 Å². The van der Waals surface area contributed by atoms with Crippen LogP contribution in [-0.2, 0) is 9.16 Å². The Labute approximate surface area is 167 Å². The third-order valence-electron chi connectivity index (χ3n) is 3.64. The van der Waals surface area contributed by atoms with Gasteiger partial charge in [-0.1, -0.05) is 19.6 Å². The molecule has 2 aliphatic heterocycles. The van der Waals surface area contributed by atoms with Crippen LogP contribution in [0.4, 0.5) is 4.79 Å². The fraction of sp³-hybridized carbons (Fsp3) is 0.842. The number of hydrogen-bond donors (Lipinski definition) is 0. The zero-order chi connectivity index (χ0) is 20.3. The van der Waals surface area contributed by atoms with Gasteiger partial charge in [0.05, 0.1) is 11.8 Å². The molecule has 4 nitrogen and oxygen atoms in total. The van der Waals surface area contributed by atoms with Crippen molar-refractivity contribution in [3.8, 4) is 0 Å². The number of rotatable bonds is 2. The number of nitrogens with zero attached hydrogens (tertiary/aromatic N) is 1. The highest BCUT2D eigenvalue weighted by Crippen LogP contribution is 2.35. The topological polar surface area (TPSA) is 38.8 Å². The summed E-state index contributed by atoms with van der Waals surface area (Å²) in [5.74, 6) is 1.09. The Morgan fingerprint density at radius 3 is 2.12 bits per heavy atom. The lowest BCUT2D eigenvalue weighted by atomic mass is 9.88. The predicted molar refractivity (Wildman–Crippen MR) is 116 cm³/mol. The van der Waals surface area contributed by atoms with Crippen molar-refractivity contribution in [1.82, 2.24) is 4.90 Å². The van der Waals surface area contributed by atoms with E-state index in [-0.39, 0.29) is 18.2 Å². The molecule has 26 heavy (non-hydrogen) atoms. The molecule has 1 amide bonds. The minimum atomic E-state index is -1.58. The smallest absolute Gasteiger partial charge is 0.411 e. The average Bonchev–Trinajstić information content (AvgIpc) is 2.30. The first-order valence-electron chi connectivity index (χ1n) is 9.65. The summed E-state index contributed by atoms with van der Waals surface area (Å²) < 4.78 is 11.7. The Kier molecular flexibility index (Phi) is 7.88.